The predicted molar refractivity (Wildman–Crippen MR) is 93.4 cm³/mol. The van der Waals surface area contributed by atoms with Gasteiger partial charge in [0, 0.05) is 47.1 Å². The van der Waals surface area contributed by atoms with Crippen molar-refractivity contribution in [1.82, 2.24) is 14.7 Å². The lowest BCUT2D eigenvalue weighted by molar-refractivity contribution is -0.201. The lowest BCUT2D eigenvalue weighted by Gasteiger charge is -2.61. The van der Waals surface area contributed by atoms with Gasteiger partial charge in [-0.2, -0.15) is 0 Å². The first-order chi connectivity index (χ1) is 11.8. The van der Waals surface area contributed by atoms with Crippen LogP contribution in [-0.4, -0.2) is 87.6 Å². The zero-order valence-corrected chi connectivity index (χ0v) is 15.7. The molecule has 3 heterocycles. The van der Waals surface area contributed by atoms with E-state index in [1.807, 2.05) is 21.3 Å². The van der Waals surface area contributed by atoms with Crippen LogP contribution < -0.4 is 0 Å². The van der Waals surface area contributed by atoms with E-state index in [1.165, 1.54) is 38.5 Å². The van der Waals surface area contributed by atoms with Crippen LogP contribution in [0.3, 0.4) is 0 Å². The van der Waals surface area contributed by atoms with Gasteiger partial charge in [0.25, 0.3) is 0 Å². The summed E-state index contributed by atoms with van der Waals surface area (Å²) in [5.41, 5.74) is 0. The second-order valence-corrected chi connectivity index (χ2v) is 7.49. The van der Waals surface area contributed by atoms with Crippen molar-refractivity contribution < 1.29 is 14.2 Å². The number of nitrogens with zero attached hydrogens (tertiary/aromatic N) is 3. The molecule has 0 bridgehead atoms. The van der Waals surface area contributed by atoms with Gasteiger partial charge in [-0.3, -0.25) is 14.7 Å². The first-order valence-corrected chi connectivity index (χ1v) is 9.52. The number of piperidine rings is 1. The van der Waals surface area contributed by atoms with E-state index in [0.29, 0.717) is 18.4 Å². The summed E-state index contributed by atoms with van der Waals surface area (Å²) in [7, 11) is 5.43. The molecule has 0 aromatic carbocycles. The molecule has 0 saturated carbocycles. The fraction of sp³-hybridized carbons (Fsp3) is 1.00. The molecule has 3 saturated heterocycles. The summed E-state index contributed by atoms with van der Waals surface area (Å²) in [6.45, 7) is 4.68. The van der Waals surface area contributed by atoms with Crippen molar-refractivity contribution in [1.29, 1.82) is 0 Å². The van der Waals surface area contributed by atoms with Crippen LogP contribution in [0.5, 0.6) is 0 Å². The fourth-order valence-corrected chi connectivity index (χ4v) is 5.20. The minimum absolute atomic E-state index is 0.534. The molecular formula is C18H35N3O3. The number of methoxy groups -OCH3 is 3. The molecule has 140 valence electrons. The lowest BCUT2D eigenvalue weighted by atomic mass is 9.79. The molecule has 6 heteroatoms. The molecule has 6 nitrogen and oxygen atoms in total. The average Bonchev–Trinajstić information content (AvgIpc) is 2.60. The molecule has 0 radical (unpaired) electrons. The Kier molecular flexibility index (Phi) is 6.89. The summed E-state index contributed by atoms with van der Waals surface area (Å²) in [6, 6.07) is 0.707. The van der Waals surface area contributed by atoms with Gasteiger partial charge >= 0.3 is 0 Å². The molecule has 3 rings (SSSR count). The lowest BCUT2D eigenvalue weighted by Crippen LogP contribution is -2.71. The maximum atomic E-state index is 5.48. The van der Waals surface area contributed by atoms with E-state index in [1.54, 1.807) is 0 Å². The Hall–Kier alpha value is -0.240. The highest BCUT2D eigenvalue weighted by atomic mass is 16.5. The molecule has 4 unspecified atom stereocenters. The molecule has 3 aliphatic heterocycles. The zero-order chi connectivity index (χ0) is 16.9. The van der Waals surface area contributed by atoms with Crippen LogP contribution in [0, 0.1) is 5.92 Å². The number of hydrogen-bond donors (Lipinski definition) is 0. The number of rotatable bonds is 8. The van der Waals surface area contributed by atoms with Crippen LogP contribution in [0.4, 0.5) is 0 Å². The van der Waals surface area contributed by atoms with Gasteiger partial charge in [0.15, 0.2) is 0 Å². The van der Waals surface area contributed by atoms with E-state index < -0.39 is 0 Å². The molecule has 0 spiro atoms. The third kappa shape index (κ3) is 3.79. The Morgan fingerprint density at radius 3 is 2.12 bits per heavy atom. The van der Waals surface area contributed by atoms with Crippen molar-refractivity contribution in [3.8, 4) is 0 Å². The van der Waals surface area contributed by atoms with Gasteiger partial charge in [0.05, 0.1) is 25.8 Å². The standard InChI is InChI=1S/C18H35N3O3/c1-22-12-4-5-15-6-7-17-20(14-24-3)11-9-18-19(13-23-2)10-8-16(15)21(17)18/h15-18H,4-14H2,1-3H3. The van der Waals surface area contributed by atoms with Crippen molar-refractivity contribution in [3.63, 3.8) is 0 Å². The largest absolute Gasteiger partial charge is 0.385 e. The molecule has 3 fully saturated rings. The Bertz CT molecular complexity index is 375. The van der Waals surface area contributed by atoms with Crippen LogP contribution in [-0.2, 0) is 14.2 Å². The van der Waals surface area contributed by atoms with Crippen LogP contribution in [0.2, 0.25) is 0 Å². The van der Waals surface area contributed by atoms with Gasteiger partial charge in [0.1, 0.15) is 0 Å². The quantitative estimate of drug-likeness (QED) is 0.627. The summed E-state index contributed by atoms with van der Waals surface area (Å²) >= 11 is 0. The molecule has 3 aliphatic rings. The van der Waals surface area contributed by atoms with Crippen molar-refractivity contribution >= 4 is 0 Å². The maximum Gasteiger partial charge on any atom is 0.0998 e. The van der Waals surface area contributed by atoms with Crippen LogP contribution >= 0.6 is 0 Å². The Morgan fingerprint density at radius 2 is 1.46 bits per heavy atom. The summed E-state index contributed by atoms with van der Waals surface area (Å²) in [6.07, 6.45) is 8.59. The minimum Gasteiger partial charge on any atom is -0.385 e. The van der Waals surface area contributed by atoms with Crippen LogP contribution in [0.1, 0.15) is 38.5 Å². The molecule has 24 heavy (non-hydrogen) atoms. The van der Waals surface area contributed by atoms with Crippen LogP contribution in [0.15, 0.2) is 0 Å². The highest BCUT2D eigenvalue weighted by molar-refractivity contribution is 4.99. The molecule has 0 aromatic heterocycles. The van der Waals surface area contributed by atoms with Gasteiger partial charge in [0.2, 0.25) is 0 Å². The summed E-state index contributed by atoms with van der Waals surface area (Å²) in [5.74, 6) is 0.811. The first kappa shape index (κ1) is 18.5. The Morgan fingerprint density at radius 1 is 0.792 bits per heavy atom. The Labute approximate surface area is 147 Å². The van der Waals surface area contributed by atoms with Crippen molar-refractivity contribution in [3.05, 3.63) is 0 Å². The maximum absolute atomic E-state index is 5.48. The smallest absolute Gasteiger partial charge is 0.0998 e. The van der Waals surface area contributed by atoms with Gasteiger partial charge in [-0.1, -0.05) is 0 Å². The molecule has 0 aliphatic carbocycles. The summed E-state index contributed by atoms with van der Waals surface area (Å²) < 4.78 is 16.2. The monoisotopic (exact) mass is 341 g/mol. The number of hydrogen-bond acceptors (Lipinski definition) is 6. The van der Waals surface area contributed by atoms with E-state index >= 15 is 0 Å². The van der Waals surface area contributed by atoms with Gasteiger partial charge in [-0.15, -0.1) is 0 Å². The van der Waals surface area contributed by atoms with Crippen molar-refractivity contribution in [2.24, 2.45) is 5.92 Å². The SMILES string of the molecule is COCCCC1CCC2N(COC)CCC3N(COC)CCC1N32. The highest BCUT2D eigenvalue weighted by Crippen LogP contribution is 2.41. The van der Waals surface area contributed by atoms with Gasteiger partial charge in [-0.25, -0.2) is 0 Å². The zero-order valence-electron chi connectivity index (χ0n) is 15.7. The van der Waals surface area contributed by atoms with Crippen molar-refractivity contribution in [2.75, 3.05) is 54.5 Å². The normalized spacial score (nSPS) is 35.1. The molecule has 0 amide bonds. The van der Waals surface area contributed by atoms with E-state index in [4.69, 9.17) is 14.2 Å². The average molecular weight is 341 g/mol. The van der Waals surface area contributed by atoms with Gasteiger partial charge in [-0.05, 0) is 44.4 Å². The van der Waals surface area contributed by atoms with E-state index in [2.05, 4.69) is 14.7 Å². The third-order valence-electron chi connectivity index (χ3n) is 6.15. The second kappa shape index (κ2) is 8.92. The second-order valence-electron chi connectivity index (χ2n) is 7.49. The van der Waals surface area contributed by atoms with Gasteiger partial charge < -0.3 is 14.2 Å². The fourth-order valence-electron chi connectivity index (χ4n) is 5.20. The molecule has 4 atom stereocenters. The predicted octanol–water partition coefficient (Wildman–Crippen LogP) is 1.77. The van der Waals surface area contributed by atoms with E-state index in [-0.39, 0.29) is 0 Å². The van der Waals surface area contributed by atoms with E-state index in [9.17, 15) is 0 Å². The minimum atomic E-state index is 0.534. The number of ether oxygens (including phenoxy) is 3. The highest BCUT2D eigenvalue weighted by Gasteiger charge is 2.49. The van der Waals surface area contributed by atoms with E-state index in [0.717, 1.165) is 39.1 Å². The van der Waals surface area contributed by atoms with Crippen molar-refractivity contribution in [2.45, 2.75) is 56.9 Å². The van der Waals surface area contributed by atoms with Crippen LogP contribution in [0.25, 0.3) is 0 Å². The molecule has 0 aromatic rings. The molecule has 0 N–H and O–H groups in total. The topological polar surface area (TPSA) is 37.4 Å². The summed E-state index contributed by atoms with van der Waals surface area (Å²) in [5, 5.41) is 0. The first-order valence-electron chi connectivity index (χ1n) is 9.52. The molecular weight excluding hydrogens is 306 g/mol. The third-order valence-corrected chi connectivity index (χ3v) is 6.15. The Balaban J connectivity index is 1.73. The summed E-state index contributed by atoms with van der Waals surface area (Å²) in [4.78, 5) is 7.88.